The molecule has 0 amide bonds. The number of aromatic nitrogens is 4. The molecule has 0 aliphatic heterocycles. The maximum atomic E-state index is 12.8. The van der Waals surface area contributed by atoms with Crippen molar-refractivity contribution in [2.24, 2.45) is 5.10 Å². The minimum Gasteiger partial charge on any atom is -0.422 e. The predicted molar refractivity (Wildman–Crippen MR) is 132 cm³/mol. The van der Waals surface area contributed by atoms with E-state index < -0.39 is 5.63 Å². The van der Waals surface area contributed by atoms with Crippen molar-refractivity contribution in [3.05, 3.63) is 107 Å². The van der Waals surface area contributed by atoms with E-state index in [4.69, 9.17) is 9.52 Å². The summed E-state index contributed by atoms with van der Waals surface area (Å²) in [6.45, 7) is 0. The molecule has 0 fully saturated rings. The van der Waals surface area contributed by atoms with Crippen LogP contribution in [-0.4, -0.2) is 26.0 Å². The molecule has 0 saturated carbocycles. The lowest BCUT2D eigenvalue weighted by Gasteiger charge is -2.01. The molecule has 34 heavy (non-hydrogen) atoms. The van der Waals surface area contributed by atoms with Gasteiger partial charge in [-0.05, 0) is 36.4 Å². The van der Waals surface area contributed by atoms with Gasteiger partial charge in [0.1, 0.15) is 11.3 Å². The molecule has 0 saturated heterocycles. The highest BCUT2D eigenvalue weighted by Crippen LogP contribution is 2.24. The number of nitrogens with one attached hydrogen (secondary N) is 2. The molecule has 6 rings (SSSR count). The van der Waals surface area contributed by atoms with E-state index >= 15 is 0 Å². The van der Waals surface area contributed by atoms with Crippen molar-refractivity contribution >= 4 is 34.2 Å². The third-order valence-electron chi connectivity index (χ3n) is 5.42. The van der Waals surface area contributed by atoms with Crippen molar-refractivity contribution in [3.8, 4) is 16.9 Å². The van der Waals surface area contributed by atoms with Crippen LogP contribution in [0.25, 0.3) is 38.9 Å². The van der Waals surface area contributed by atoms with E-state index in [1.807, 2.05) is 79.0 Å². The molecule has 0 radical (unpaired) electrons. The number of imidazole rings is 1. The minimum absolute atomic E-state index is 0.360. The molecule has 0 unspecified atom stereocenters. The zero-order valence-corrected chi connectivity index (χ0v) is 17.8. The van der Waals surface area contributed by atoms with Gasteiger partial charge >= 0.3 is 5.63 Å². The van der Waals surface area contributed by atoms with Gasteiger partial charge in [0.15, 0.2) is 0 Å². The van der Waals surface area contributed by atoms with Gasteiger partial charge in [-0.1, -0.05) is 48.5 Å². The highest BCUT2D eigenvalue weighted by Gasteiger charge is 2.16. The number of hydrogen-bond acceptors (Lipinski definition) is 6. The summed E-state index contributed by atoms with van der Waals surface area (Å²) in [5, 5.41) is 9.84. The number of fused-ring (bicyclic) bond motifs is 2. The van der Waals surface area contributed by atoms with Crippen LogP contribution in [0.4, 0.5) is 5.95 Å². The van der Waals surface area contributed by atoms with Crippen molar-refractivity contribution in [2.75, 3.05) is 5.43 Å². The summed E-state index contributed by atoms with van der Waals surface area (Å²) in [7, 11) is 0. The maximum absolute atomic E-state index is 12.8. The largest absolute Gasteiger partial charge is 0.422 e. The van der Waals surface area contributed by atoms with Crippen LogP contribution >= 0.6 is 0 Å². The van der Waals surface area contributed by atoms with E-state index in [2.05, 4.69) is 20.5 Å². The van der Waals surface area contributed by atoms with Crippen molar-refractivity contribution < 1.29 is 4.42 Å². The Morgan fingerprint density at radius 1 is 0.971 bits per heavy atom. The van der Waals surface area contributed by atoms with E-state index in [1.54, 1.807) is 23.0 Å². The predicted octanol–water partition coefficient (Wildman–Crippen LogP) is 4.97. The summed E-state index contributed by atoms with van der Waals surface area (Å²) < 4.78 is 7.26. The number of H-pyrrole nitrogens is 1. The molecule has 3 aromatic heterocycles. The number of benzene rings is 3. The van der Waals surface area contributed by atoms with Crippen LogP contribution in [0.5, 0.6) is 0 Å². The fourth-order valence-electron chi connectivity index (χ4n) is 3.80. The molecule has 0 spiro atoms. The summed E-state index contributed by atoms with van der Waals surface area (Å²) in [6, 6.07) is 26.6. The monoisotopic (exact) mass is 446 g/mol. The molecular weight excluding hydrogens is 428 g/mol. The first-order chi connectivity index (χ1) is 16.7. The third-order valence-corrected chi connectivity index (χ3v) is 5.42. The van der Waals surface area contributed by atoms with Gasteiger partial charge in [-0.25, -0.2) is 19.9 Å². The van der Waals surface area contributed by atoms with Crippen LogP contribution in [0.1, 0.15) is 5.56 Å². The lowest BCUT2D eigenvalue weighted by atomic mass is 10.1. The highest BCUT2D eigenvalue weighted by atomic mass is 16.4. The molecular formula is C26H18N6O2. The third kappa shape index (κ3) is 3.63. The van der Waals surface area contributed by atoms with Gasteiger partial charge in [0.05, 0.1) is 28.5 Å². The van der Waals surface area contributed by atoms with E-state index in [-0.39, 0.29) is 0 Å². The first kappa shape index (κ1) is 19.7. The maximum Gasteiger partial charge on any atom is 0.345 e. The lowest BCUT2D eigenvalue weighted by molar-refractivity contribution is 0.563. The molecule has 0 aliphatic rings. The normalized spacial score (nSPS) is 11.5. The molecule has 164 valence electrons. The standard InChI is InChI=1S/C26H18N6O2/c33-25-20(14-17-8-4-7-13-23(17)34-25)24-18(16-32(31-24)19-9-2-1-3-10-19)15-27-30-26-28-21-11-5-6-12-22(21)29-26/h1-16H,(H2,28,29,30)/b27-15-. The van der Waals surface area contributed by atoms with Crippen LogP contribution in [-0.2, 0) is 0 Å². The van der Waals surface area contributed by atoms with Crippen molar-refractivity contribution in [2.45, 2.75) is 0 Å². The minimum atomic E-state index is -0.461. The Balaban J connectivity index is 1.42. The zero-order valence-electron chi connectivity index (χ0n) is 17.8. The first-order valence-corrected chi connectivity index (χ1v) is 10.7. The molecule has 8 nitrogen and oxygen atoms in total. The molecule has 3 aromatic carbocycles. The van der Waals surface area contributed by atoms with Crippen LogP contribution in [0.15, 0.2) is 105 Å². The van der Waals surface area contributed by atoms with Crippen molar-refractivity contribution in [3.63, 3.8) is 0 Å². The quantitative estimate of drug-likeness (QED) is 0.221. The Hall–Kier alpha value is -4.98. The Bertz CT molecular complexity index is 1680. The lowest BCUT2D eigenvalue weighted by Crippen LogP contribution is -2.05. The second-order valence-corrected chi connectivity index (χ2v) is 7.67. The number of nitrogens with zero attached hydrogens (tertiary/aromatic N) is 4. The smallest absolute Gasteiger partial charge is 0.345 e. The molecule has 6 aromatic rings. The second-order valence-electron chi connectivity index (χ2n) is 7.67. The average Bonchev–Trinajstić information content (AvgIpc) is 3.48. The molecule has 0 bridgehead atoms. The fraction of sp³-hybridized carbons (Fsp3) is 0. The van der Waals surface area contributed by atoms with E-state index in [9.17, 15) is 4.79 Å². The summed E-state index contributed by atoms with van der Waals surface area (Å²) in [4.78, 5) is 20.5. The van der Waals surface area contributed by atoms with Crippen molar-refractivity contribution in [1.82, 2.24) is 19.7 Å². The van der Waals surface area contributed by atoms with Gasteiger partial charge in [-0.2, -0.15) is 10.2 Å². The molecule has 3 heterocycles. The first-order valence-electron chi connectivity index (χ1n) is 10.7. The van der Waals surface area contributed by atoms with Gasteiger partial charge in [0, 0.05) is 17.1 Å². The summed E-state index contributed by atoms with van der Waals surface area (Å²) >= 11 is 0. The molecule has 2 N–H and O–H groups in total. The fourth-order valence-corrected chi connectivity index (χ4v) is 3.80. The average molecular weight is 446 g/mol. The van der Waals surface area contributed by atoms with Crippen LogP contribution < -0.4 is 11.1 Å². The summed E-state index contributed by atoms with van der Waals surface area (Å²) in [5.41, 5.74) is 7.07. The number of anilines is 1. The number of aromatic amines is 1. The Labute approximate surface area is 193 Å². The Morgan fingerprint density at radius 3 is 2.65 bits per heavy atom. The number of para-hydroxylation sites is 4. The van der Waals surface area contributed by atoms with E-state index in [1.165, 1.54) is 0 Å². The van der Waals surface area contributed by atoms with Gasteiger partial charge in [0.25, 0.3) is 0 Å². The number of rotatable bonds is 5. The van der Waals surface area contributed by atoms with Crippen molar-refractivity contribution in [1.29, 1.82) is 0 Å². The Kier molecular flexibility index (Phi) is 4.73. The van der Waals surface area contributed by atoms with E-state index in [0.717, 1.165) is 22.1 Å². The number of hydrazone groups is 1. The molecule has 0 aliphatic carbocycles. The van der Waals surface area contributed by atoms with Crippen LogP contribution in [0, 0.1) is 0 Å². The van der Waals surface area contributed by atoms with Gasteiger partial charge < -0.3 is 9.40 Å². The summed E-state index contributed by atoms with van der Waals surface area (Å²) in [5.74, 6) is 0.514. The zero-order chi connectivity index (χ0) is 22.9. The van der Waals surface area contributed by atoms with Gasteiger partial charge in [-0.15, -0.1) is 0 Å². The van der Waals surface area contributed by atoms with E-state index in [0.29, 0.717) is 28.4 Å². The SMILES string of the molecule is O=c1oc2ccccc2cc1-c1nn(-c2ccccc2)cc1/C=N\Nc1nc2ccccc2[nH]1. The van der Waals surface area contributed by atoms with Gasteiger partial charge in [-0.3, -0.25) is 0 Å². The van der Waals surface area contributed by atoms with Gasteiger partial charge in [0.2, 0.25) is 5.95 Å². The topological polar surface area (TPSA) is 101 Å². The van der Waals surface area contributed by atoms with Crippen LogP contribution in [0.3, 0.4) is 0 Å². The molecule has 0 atom stereocenters. The molecule has 8 heteroatoms. The Morgan fingerprint density at radius 2 is 1.76 bits per heavy atom. The van der Waals surface area contributed by atoms with Crippen LogP contribution in [0.2, 0.25) is 0 Å². The highest BCUT2D eigenvalue weighted by molar-refractivity contribution is 5.91. The summed E-state index contributed by atoms with van der Waals surface area (Å²) in [6.07, 6.45) is 3.44. The number of hydrogen-bond donors (Lipinski definition) is 2. The second kappa shape index (κ2) is 8.18.